The monoisotopic (exact) mass is 555 g/mol. The van der Waals surface area contributed by atoms with E-state index in [0.29, 0.717) is 5.82 Å². The van der Waals surface area contributed by atoms with E-state index in [2.05, 4.69) is 132 Å². The summed E-state index contributed by atoms with van der Waals surface area (Å²) in [6, 6.07) is 53.2. The molecule has 1 aliphatic heterocycles. The minimum Gasteiger partial charge on any atom is -0.293 e. The van der Waals surface area contributed by atoms with Crippen molar-refractivity contribution in [1.82, 2.24) is 9.97 Å². The van der Waals surface area contributed by atoms with Gasteiger partial charge < -0.3 is 0 Å². The quantitative estimate of drug-likeness (QED) is 0.216. The number of aromatic nitrogens is 2. The lowest BCUT2D eigenvalue weighted by atomic mass is 10.0. The molecule has 0 amide bonds. The summed E-state index contributed by atoms with van der Waals surface area (Å²) in [5.74, 6) is 1.55. The molecule has 4 heteroatoms. The Balaban J connectivity index is 1.31. The number of hydrogen-bond acceptors (Lipinski definition) is 4. The highest BCUT2D eigenvalue weighted by Gasteiger charge is 2.27. The highest BCUT2D eigenvalue weighted by molar-refractivity contribution is 7.99. The Morgan fingerprint density at radius 1 is 0.429 bits per heavy atom. The van der Waals surface area contributed by atoms with Gasteiger partial charge in [-0.2, -0.15) is 0 Å². The number of benzene rings is 6. The number of para-hydroxylation sites is 1. The van der Waals surface area contributed by atoms with Gasteiger partial charge in [0.1, 0.15) is 5.82 Å². The second kappa shape index (κ2) is 10.3. The van der Waals surface area contributed by atoms with Crippen LogP contribution in [0.15, 0.2) is 161 Å². The first-order valence-corrected chi connectivity index (χ1v) is 14.8. The fraction of sp³-hybridized carbons (Fsp3) is 0. The van der Waals surface area contributed by atoms with Crippen LogP contribution in [0, 0.1) is 0 Å². The number of anilines is 3. The topological polar surface area (TPSA) is 29.0 Å². The lowest BCUT2D eigenvalue weighted by molar-refractivity contribution is 1.08. The van der Waals surface area contributed by atoms with Crippen LogP contribution in [0.1, 0.15) is 0 Å². The van der Waals surface area contributed by atoms with Crippen molar-refractivity contribution in [2.24, 2.45) is 0 Å². The van der Waals surface area contributed by atoms with Crippen LogP contribution in [0.3, 0.4) is 0 Å². The Kier molecular flexibility index (Phi) is 6.05. The highest BCUT2D eigenvalue weighted by Crippen LogP contribution is 2.52. The van der Waals surface area contributed by atoms with Crippen LogP contribution in [0.4, 0.5) is 17.2 Å². The van der Waals surface area contributed by atoms with Crippen LogP contribution in [0.5, 0.6) is 0 Å². The molecule has 6 aromatic carbocycles. The summed E-state index contributed by atoms with van der Waals surface area (Å²) < 4.78 is 0. The Morgan fingerprint density at radius 2 is 1.07 bits per heavy atom. The molecule has 0 bridgehead atoms. The zero-order valence-corrected chi connectivity index (χ0v) is 23.5. The molecule has 0 saturated heterocycles. The summed E-state index contributed by atoms with van der Waals surface area (Å²) in [4.78, 5) is 14.9. The van der Waals surface area contributed by atoms with Gasteiger partial charge in [0.05, 0.1) is 17.1 Å². The first-order valence-electron chi connectivity index (χ1n) is 14.0. The molecule has 0 unspecified atom stereocenters. The van der Waals surface area contributed by atoms with Gasteiger partial charge in [-0.05, 0) is 52.2 Å². The van der Waals surface area contributed by atoms with E-state index in [4.69, 9.17) is 9.97 Å². The van der Waals surface area contributed by atoms with Crippen LogP contribution in [0.2, 0.25) is 0 Å². The minimum absolute atomic E-state index is 0.706. The number of hydrogen-bond donors (Lipinski definition) is 0. The average molecular weight is 556 g/mol. The Bertz CT molecular complexity index is 2020. The van der Waals surface area contributed by atoms with Crippen molar-refractivity contribution in [2.75, 3.05) is 4.90 Å². The summed E-state index contributed by atoms with van der Waals surface area (Å²) in [5, 5.41) is 2.50. The Morgan fingerprint density at radius 3 is 1.90 bits per heavy atom. The van der Waals surface area contributed by atoms with E-state index in [1.165, 1.54) is 31.7 Å². The second-order valence-electron chi connectivity index (χ2n) is 10.3. The van der Waals surface area contributed by atoms with Crippen LogP contribution < -0.4 is 4.90 Å². The maximum atomic E-state index is 5.17. The van der Waals surface area contributed by atoms with Gasteiger partial charge in [0.2, 0.25) is 0 Å². The van der Waals surface area contributed by atoms with Gasteiger partial charge in [-0.3, -0.25) is 4.90 Å². The zero-order chi connectivity index (χ0) is 27.9. The van der Waals surface area contributed by atoms with Crippen molar-refractivity contribution in [2.45, 2.75) is 9.79 Å². The van der Waals surface area contributed by atoms with Crippen LogP contribution in [-0.4, -0.2) is 9.97 Å². The third-order valence-corrected chi connectivity index (χ3v) is 8.76. The molecule has 8 rings (SSSR count). The molecule has 198 valence electrons. The van der Waals surface area contributed by atoms with Crippen molar-refractivity contribution in [3.05, 3.63) is 152 Å². The van der Waals surface area contributed by atoms with Gasteiger partial charge in [-0.25, -0.2) is 9.97 Å². The first kappa shape index (κ1) is 24.6. The molecule has 0 radical (unpaired) electrons. The molecule has 1 aromatic heterocycles. The fourth-order valence-electron chi connectivity index (χ4n) is 5.57. The maximum absolute atomic E-state index is 5.17. The van der Waals surface area contributed by atoms with Gasteiger partial charge in [0, 0.05) is 27.0 Å². The van der Waals surface area contributed by atoms with Crippen LogP contribution in [-0.2, 0) is 0 Å². The van der Waals surface area contributed by atoms with Crippen molar-refractivity contribution >= 4 is 39.7 Å². The molecule has 2 heterocycles. The van der Waals surface area contributed by atoms with Crippen LogP contribution in [0.25, 0.3) is 44.5 Å². The average Bonchev–Trinajstić information content (AvgIpc) is 3.07. The summed E-state index contributed by atoms with van der Waals surface area (Å²) in [5.41, 5.74) is 7.58. The van der Waals surface area contributed by atoms with Crippen molar-refractivity contribution in [3.8, 4) is 33.8 Å². The molecule has 0 atom stereocenters. The minimum atomic E-state index is 0.706. The molecule has 0 aliphatic carbocycles. The SMILES string of the molecule is c1ccc(-c2cc(N3c4ccccc4Sc4cc(-c5ccc6ccccc6c5)ccc43)nc(-c3ccccc3)n2)cc1. The lowest BCUT2D eigenvalue weighted by Gasteiger charge is -2.32. The number of nitrogens with zero attached hydrogens (tertiary/aromatic N) is 3. The molecule has 7 aromatic rings. The molecule has 3 nitrogen and oxygen atoms in total. The van der Waals surface area contributed by atoms with Crippen molar-refractivity contribution in [1.29, 1.82) is 0 Å². The smallest absolute Gasteiger partial charge is 0.162 e. The Labute approximate surface area is 249 Å². The van der Waals surface area contributed by atoms with Gasteiger partial charge in [0.15, 0.2) is 5.82 Å². The van der Waals surface area contributed by atoms with Crippen LogP contribution >= 0.6 is 11.8 Å². The molecule has 1 aliphatic rings. The standard InChI is InChI=1S/C38H25N3S/c1-3-12-27(13-4-1)32-25-37(40-38(39-32)28-14-5-2-6-15-28)41-33-17-9-10-18-35(33)42-36-24-31(21-22-34(36)41)30-20-19-26-11-7-8-16-29(26)23-30/h1-25H. The summed E-state index contributed by atoms with van der Waals surface area (Å²) in [7, 11) is 0. The van der Waals surface area contributed by atoms with Gasteiger partial charge in [-0.1, -0.05) is 127 Å². The lowest BCUT2D eigenvalue weighted by Crippen LogP contribution is -2.17. The van der Waals surface area contributed by atoms with E-state index in [9.17, 15) is 0 Å². The largest absolute Gasteiger partial charge is 0.293 e. The molecule has 0 fully saturated rings. The molecule has 0 N–H and O–H groups in total. The molecule has 42 heavy (non-hydrogen) atoms. The second-order valence-corrected chi connectivity index (χ2v) is 11.4. The Hall–Kier alpha value is -5.19. The van der Waals surface area contributed by atoms with E-state index in [1.54, 1.807) is 0 Å². The molecular weight excluding hydrogens is 531 g/mol. The van der Waals surface area contributed by atoms with Crippen molar-refractivity contribution < 1.29 is 0 Å². The normalized spacial score (nSPS) is 12.1. The van der Waals surface area contributed by atoms with E-state index in [1.807, 2.05) is 36.0 Å². The summed E-state index contributed by atoms with van der Waals surface area (Å²) in [6.45, 7) is 0. The fourth-order valence-corrected chi connectivity index (χ4v) is 6.67. The molecular formula is C38H25N3S. The van der Waals surface area contributed by atoms with Gasteiger partial charge in [0.25, 0.3) is 0 Å². The first-order chi connectivity index (χ1) is 20.8. The third kappa shape index (κ3) is 4.43. The molecule has 0 spiro atoms. The van der Waals surface area contributed by atoms with Gasteiger partial charge >= 0.3 is 0 Å². The van der Waals surface area contributed by atoms with E-state index in [0.717, 1.165) is 34.0 Å². The summed E-state index contributed by atoms with van der Waals surface area (Å²) in [6.07, 6.45) is 0. The van der Waals surface area contributed by atoms with E-state index < -0.39 is 0 Å². The molecule has 0 saturated carbocycles. The number of rotatable bonds is 4. The third-order valence-electron chi connectivity index (χ3n) is 7.65. The zero-order valence-electron chi connectivity index (χ0n) is 22.7. The highest BCUT2D eigenvalue weighted by atomic mass is 32.2. The summed E-state index contributed by atoms with van der Waals surface area (Å²) >= 11 is 1.81. The maximum Gasteiger partial charge on any atom is 0.162 e. The van der Waals surface area contributed by atoms with E-state index >= 15 is 0 Å². The predicted octanol–water partition coefficient (Wildman–Crippen LogP) is 10.6. The number of fused-ring (bicyclic) bond motifs is 3. The van der Waals surface area contributed by atoms with E-state index in [-0.39, 0.29) is 0 Å². The van der Waals surface area contributed by atoms with Crippen molar-refractivity contribution in [3.63, 3.8) is 0 Å². The van der Waals surface area contributed by atoms with Gasteiger partial charge in [-0.15, -0.1) is 0 Å². The predicted molar refractivity (Wildman–Crippen MR) is 175 cm³/mol.